The fourth-order valence-electron chi connectivity index (χ4n) is 2.31. The van der Waals surface area contributed by atoms with Crippen LogP contribution in [0.4, 0.5) is 10.5 Å². The monoisotopic (exact) mass is 307 g/mol. The van der Waals surface area contributed by atoms with Gasteiger partial charge in [0.05, 0.1) is 0 Å². The molecule has 1 heterocycles. The highest BCUT2D eigenvalue weighted by atomic mass is 32.2. The Hall–Kier alpha value is -1.69. The summed E-state index contributed by atoms with van der Waals surface area (Å²) in [5.41, 5.74) is 0.797. The van der Waals surface area contributed by atoms with Crippen LogP contribution in [0.2, 0.25) is 0 Å². The van der Waals surface area contributed by atoms with Crippen LogP contribution in [0.3, 0.4) is 0 Å². The van der Waals surface area contributed by atoms with Gasteiger partial charge in [-0.25, -0.2) is 4.79 Å². The summed E-state index contributed by atoms with van der Waals surface area (Å²) in [5.74, 6) is 0.0740. The van der Waals surface area contributed by atoms with Crippen LogP contribution in [0.25, 0.3) is 0 Å². The molecule has 0 bridgehead atoms. The van der Waals surface area contributed by atoms with E-state index in [0.717, 1.165) is 18.7 Å². The van der Waals surface area contributed by atoms with Gasteiger partial charge in [-0.2, -0.15) is 0 Å². The number of thioether (sulfide) groups is 1. The van der Waals surface area contributed by atoms with E-state index in [9.17, 15) is 9.59 Å². The predicted molar refractivity (Wildman–Crippen MR) is 85.7 cm³/mol. The molecule has 6 heteroatoms. The maximum atomic E-state index is 12.3. The molecule has 0 unspecified atom stereocenters. The number of hydrogen-bond donors (Lipinski definition) is 1. The molecule has 1 aliphatic rings. The van der Waals surface area contributed by atoms with Gasteiger partial charge in [-0.15, -0.1) is 11.8 Å². The summed E-state index contributed by atoms with van der Waals surface area (Å²) < 4.78 is 0. The first-order valence-corrected chi connectivity index (χ1v) is 8.28. The third-order valence-corrected chi connectivity index (χ3v) is 4.31. The van der Waals surface area contributed by atoms with Gasteiger partial charge in [0.25, 0.3) is 0 Å². The molecule has 0 atom stereocenters. The molecule has 0 radical (unpaired) electrons. The second kappa shape index (κ2) is 7.36. The van der Waals surface area contributed by atoms with Crippen LogP contribution in [-0.4, -0.2) is 54.2 Å². The number of amides is 3. The van der Waals surface area contributed by atoms with Crippen LogP contribution < -0.4 is 5.32 Å². The summed E-state index contributed by atoms with van der Waals surface area (Å²) in [7, 11) is 0. The lowest BCUT2D eigenvalue weighted by Gasteiger charge is -2.21. The number of nitrogens with zero attached hydrogens (tertiary/aromatic N) is 2. The molecular formula is C15H21N3O2S. The second-order valence-corrected chi connectivity index (χ2v) is 5.88. The molecule has 1 aliphatic heterocycles. The van der Waals surface area contributed by atoms with Crippen molar-refractivity contribution in [1.82, 2.24) is 9.80 Å². The van der Waals surface area contributed by atoms with Crippen LogP contribution in [0.1, 0.15) is 13.3 Å². The van der Waals surface area contributed by atoms with E-state index in [4.69, 9.17) is 0 Å². The maximum absolute atomic E-state index is 12.3. The van der Waals surface area contributed by atoms with Crippen molar-refractivity contribution in [2.24, 2.45) is 0 Å². The fourth-order valence-corrected chi connectivity index (χ4v) is 2.72. The lowest BCUT2D eigenvalue weighted by Crippen LogP contribution is -2.38. The van der Waals surface area contributed by atoms with Crippen LogP contribution in [-0.2, 0) is 4.79 Å². The molecule has 0 aromatic heterocycles. The molecule has 3 amide bonds. The second-order valence-electron chi connectivity index (χ2n) is 5.01. The zero-order chi connectivity index (χ0) is 15.2. The minimum atomic E-state index is -0.0997. The third-order valence-electron chi connectivity index (χ3n) is 3.57. The van der Waals surface area contributed by atoms with Crippen molar-refractivity contribution >= 4 is 29.4 Å². The Morgan fingerprint density at radius 2 is 1.67 bits per heavy atom. The summed E-state index contributed by atoms with van der Waals surface area (Å²) >= 11 is 1.67. The third kappa shape index (κ3) is 4.39. The molecule has 1 aromatic rings. The van der Waals surface area contributed by atoms with Gasteiger partial charge in [0.2, 0.25) is 5.91 Å². The number of hydrogen-bond acceptors (Lipinski definition) is 3. The summed E-state index contributed by atoms with van der Waals surface area (Å²) in [5, 5.41) is 2.91. The largest absolute Gasteiger partial charge is 0.341 e. The topological polar surface area (TPSA) is 52.7 Å². The number of nitrogens with one attached hydrogen (secondary N) is 1. The van der Waals surface area contributed by atoms with Crippen LogP contribution >= 0.6 is 11.8 Å². The summed E-state index contributed by atoms with van der Waals surface area (Å²) in [6.07, 6.45) is 2.84. The van der Waals surface area contributed by atoms with Crippen LogP contribution in [0, 0.1) is 0 Å². The van der Waals surface area contributed by atoms with E-state index in [0.29, 0.717) is 19.6 Å². The lowest BCUT2D eigenvalue weighted by molar-refractivity contribution is -0.128. The first-order valence-electron chi connectivity index (χ1n) is 7.05. The average Bonchev–Trinajstić information content (AvgIpc) is 2.74. The Balaban J connectivity index is 1.91. The van der Waals surface area contributed by atoms with Gasteiger partial charge in [-0.05, 0) is 36.9 Å². The number of carbonyl (C=O) groups is 2. The minimum Gasteiger partial charge on any atom is -0.341 e. The standard InChI is InChI=1S/C15H21N3O2S/c1-12(19)17-8-3-9-18(11-10-17)15(20)16-13-4-6-14(21-2)7-5-13/h4-7H,3,8-11H2,1-2H3,(H,16,20). The van der Waals surface area contributed by atoms with Crippen molar-refractivity contribution in [2.75, 3.05) is 37.8 Å². The SMILES string of the molecule is CSc1ccc(NC(=O)N2CCCN(C(C)=O)CC2)cc1. The molecule has 0 aliphatic carbocycles. The number of urea groups is 1. The van der Waals surface area contributed by atoms with E-state index in [1.165, 1.54) is 4.90 Å². The fraction of sp³-hybridized carbons (Fsp3) is 0.467. The molecule has 1 aromatic carbocycles. The molecule has 1 N–H and O–H groups in total. The molecule has 0 spiro atoms. The van der Waals surface area contributed by atoms with E-state index in [2.05, 4.69) is 5.32 Å². The van der Waals surface area contributed by atoms with Crippen molar-refractivity contribution in [1.29, 1.82) is 0 Å². The van der Waals surface area contributed by atoms with Crippen LogP contribution in [0.15, 0.2) is 29.2 Å². The van der Waals surface area contributed by atoms with Crippen LogP contribution in [0.5, 0.6) is 0 Å². The molecule has 0 saturated carbocycles. The van der Waals surface area contributed by atoms with Gasteiger partial charge < -0.3 is 15.1 Å². The Labute approximate surface area is 129 Å². The minimum absolute atomic E-state index is 0.0740. The van der Waals surface area contributed by atoms with E-state index >= 15 is 0 Å². The van der Waals surface area contributed by atoms with Gasteiger partial charge in [0.15, 0.2) is 0 Å². The maximum Gasteiger partial charge on any atom is 0.321 e. The summed E-state index contributed by atoms with van der Waals surface area (Å²) in [6.45, 7) is 4.16. The zero-order valence-electron chi connectivity index (χ0n) is 12.5. The molecule has 2 rings (SSSR count). The Morgan fingerprint density at radius 3 is 2.29 bits per heavy atom. The first kappa shape index (κ1) is 15.7. The number of rotatable bonds is 2. The van der Waals surface area contributed by atoms with E-state index in [1.54, 1.807) is 28.5 Å². The highest BCUT2D eigenvalue weighted by Crippen LogP contribution is 2.18. The van der Waals surface area contributed by atoms with E-state index < -0.39 is 0 Å². The number of anilines is 1. The van der Waals surface area contributed by atoms with Gasteiger partial charge in [-0.1, -0.05) is 0 Å². The molecule has 5 nitrogen and oxygen atoms in total. The van der Waals surface area contributed by atoms with Crippen molar-refractivity contribution in [3.8, 4) is 0 Å². The first-order chi connectivity index (χ1) is 10.1. The van der Waals surface area contributed by atoms with Crippen molar-refractivity contribution in [2.45, 2.75) is 18.2 Å². The summed E-state index contributed by atoms with van der Waals surface area (Å²) in [4.78, 5) is 28.4. The predicted octanol–water partition coefficient (Wildman–Crippen LogP) is 2.49. The van der Waals surface area contributed by atoms with Crippen molar-refractivity contribution < 1.29 is 9.59 Å². The zero-order valence-corrected chi connectivity index (χ0v) is 13.3. The van der Waals surface area contributed by atoms with Crippen molar-refractivity contribution in [3.63, 3.8) is 0 Å². The highest BCUT2D eigenvalue weighted by Gasteiger charge is 2.20. The lowest BCUT2D eigenvalue weighted by atomic mass is 10.3. The molecular weight excluding hydrogens is 286 g/mol. The van der Waals surface area contributed by atoms with Gasteiger partial charge in [-0.3, -0.25) is 4.79 Å². The van der Waals surface area contributed by atoms with E-state index in [-0.39, 0.29) is 11.9 Å². The Bertz CT molecular complexity index is 504. The van der Waals surface area contributed by atoms with Gasteiger partial charge in [0, 0.05) is 43.7 Å². The molecule has 1 fully saturated rings. The Morgan fingerprint density at radius 1 is 1.05 bits per heavy atom. The highest BCUT2D eigenvalue weighted by molar-refractivity contribution is 7.98. The molecule has 114 valence electrons. The quantitative estimate of drug-likeness (QED) is 0.854. The number of benzene rings is 1. The smallest absolute Gasteiger partial charge is 0.321 e. The van der Waals surface area contributed by atoms with E-state index in [1.807, 2.05) is 30.5 Å². The normalized spacial score (nSPS) is 15.5. The average molecular weight is 307 g/mol. The molecule has 1 saturated heterocycles. The summed E-state index contributed by atoms with van der Waals surface area (Å²) in [6, 6.07) is 7.69. The van der Waals surface area contributed by atoms with Crippen molar-refractivity contribution in [3.05, 3.63) is 24.3 Å². The Kier molecular flexibility index (Phi) is 5.50. The van der Waals surface area contributed by atoms with Gasteiger partial charge >= 0.3 is 6.03 Å². The number of carbonyl (C=O) groups excluding carboxylic acids is 2. The molecule has 21 heavy (non-hydrogen) atoms. The van der Waals surface area contributed by atoms with Gasteiger partial charge in [0.1, 0.15) is 0 Å².